The lowest BCUT2D eigenvalue weighted by Crippen LogP contribution is -2.53. The van der Waals surface area contributed by atoms with E-state index in [0.717, 1.165) is 24.3 Å². The fourth-order valence-corrected chi connectivity index (χ4v) is 4.40. The molecule has 3 aliphatic rings. The summed E-state index contributed by atoms with van der Waals surface area (Å²) >= 11 is 0. The van der Waals surface area contributed by atoms with E-state index in [0.29, 0.717) is 26.3 Å². The molecule has 142 valence electrons. The van der Waals surface area contributed by atoms with Gasteiger partial charge >= 0.3 is 6.03 Å². The highest BCUT2D eigenvalue weighted by atomic mass is 16.7. The molecule has 2 amide bonds. The average molecular weight is 360 g/mol. The smallest absolute Gasteiger partial charge is 0.317 e. The van der Waals surface area contributed by atoms with Crippen molar-refractivity contribution in [2.75, 3.05) is 33.1 Å². The first kappa shape index (κ1) is 17.5. The summed E-state index contributed by atoms with van der Waals surface area (Å²) in [5.74, 6) is 1.63. The van der Waals surface area contributed by atoms with E-state index in [-0.39, 0.29) is 24.3 Å². The zero-order valence-corrected chi connectivity index (χ0v) is 15.5. The number of benzene rings is 1. The highest BCUT2D eigenvalue weighted by Crippen LogP contribution is 2.43. The molecule has 0 spiro atoms. The molecular formula is C20H28N2O4. The first-order chi connectivity index (χ1) is 12.7. The third-order valence-electron chi connectivity index (χ3n) is 6.00. The lowest BCUT2D eigenvalue weighted by molar-refractivity contribution is 0.0186. The van der Waals surface area contributed by atoms with Gasteiger partial charge in [-0.2, -0.15) is 0 Å². The minimum absolute atomic E-state index is 0.0199. The summed E-state index contributed by atoms with van der Waals surface area (Å²) in [5, 5.41) is 3.22. The number of ether oxygens (including phenoxy) is 3. The SMILES string of the molecule is C[C@@H]1COCCN1C(=O)NCC1(c2ccc3c(c2)OCO3)CCCCC1. The second-order valence-electron chi connectivity index (χ2n) is 7.69. The molecular weight excluding hydrogens is 332 g/mol. The second-order valence-corrected chi connectivity index (χ2v) is 7.69. The minimum Gasteiger partial charge on any atom is -0.454 e. The van der Waals surface area contributed by atoms with Crippen LogP contribution in [0.25, 0.3) is 0 Å². The van der Waals surface area contributed by atoms with E-state index >= 15 is 0 Å². The van der Waals surface area contributed by atoms with Crippen molar-refractivity contribution in [1.82, 2.24) is 10.2 Å². The van der Waals surface area contributed by atoms with Gasteiger partial charge in [-0.3, -0.25) is 0 Å². The maximum absolute atomic E-state index is 12.7. The Hall–Kier alpha value is -1.95. The van der Waals surface area contributed by atoms with E-state index in [9.17, 15) is 4.79 Å². The van der Waals surface area contributed by atoms with Crippen LogP contribution in [-0.4, -0.2) is 50.1 Å². The average Bonchev–Trinajstić information content (AvgIpc) is 3.15. The predicted octanol–water partition coefficient (Wildman–Crippen LogP) is 3.05. The minimum atomic E-state index is -0.0234. The van der Waals surface area contributed by atoms with Gasteiger partial charge in [0.05, 0.1) is 19.3 Å². The van der Waals surface area contributed by atoms with Crippen molar-refractivity contribution in [3.05, 3.63) is 23.8 Å². The molecule has 0 radical (unpaired) electrons. The van der Waals surface area contributed by atoms with E-state index < -0.39 is 0 Å². The van der Waals surface area contributed by atoms with Crippen LogP contribution in [0, 0.1) is 0 Å². The fraction of sp³-hybridized carbons (Fsp3) is 0.650. The van der Waals surface area contributed by atoms with E-state index in [1.807, 2.05) is 17.9 Å². The Morgan fingerprint density at radius 2 is 2.04 bits per heavy atom. The maximum atomic E-state index is 12.7. The van der Waals surface area contributed by atoms with Crippen LogP contribution in [0.15, 0.2) is 18.2 Å². The van der Waals surface area contributed by atoms with Gasteiger partial charge in [-0.05, 0) is 37.5 Å². The third kappa shape index (κ3) is 3.34. The van der Waals surface area contributed by atoms with E-state index in [4.69, 9.17) is 14.2 Å². The van der Waals surface area contributed by atoms with Crippen LogP contribution in [0.5, 0.6) is 11.5 Å². The number of morpholine rings is 1. The number of hydrogen-bond donors (Lipinski definition) is 1. The third-order valence-corrected chi connectivity index (χ3v) is 6.00. The predicted molar refractivity (Wildman–Crippen MR) is 97.7 cm³/mol. The molecule has 2 fully saturated rings. The summed E-state index contributed by atoms with van der Waals surface area (Å²) in [6, 6.07) is 6.39. The van der Waals surface area contributed by atoms with Gasteiger partial charge in [0.25, 0.3) is 0 Å². The Morgan fingerprint density at radius 1 is 1.23 bits per heavy atom. The summed E-state index contributed by atoms with van der Waals surface area (Å²) in [7, 11) is 0. The summed E-state index contributed by atoms with van der Waals surface area (Å²) in [6.07, 6.45) is 5.83. The van der Waals surface area contributed by atoms with Crippen molar-refractivity contribution in [2.24, 2.45) is 0 Å². The van der Waals surface area contributed by atoms with Gasteiger partial charge in [-0.25, -0.2) is 4.79 Å². The van der Waals surface area contributed by atoms with E-state index in [1.54, 1.807) is 0 Å². The molecule has 1 saturated heterocycles. The molecule has 1 aromatic rings. The Balaban J connectivity index is 1.50. The van der Waals surface area contributed by atoms with Crippen LogP contribution in [0.1, 0.15) is 44.6 Å². The summed E-state index contributed by atoms with van der Waals surface area (Å²) in [4.78, 5) is 14.6. The molecule has 2 aliphatic heterocycles. The van der Waals surface area contributed by atoms with Crippen molar-refractivity contribution in [2.45, 2.75) is 50.5 Å². The number of rotatable bonds is 3. The quantitative estimate of drug-likeness (QED) is 0.900. The number of carbonyl (C=O) groups is 1. The lowest BCUT2D eigenvalue weighted by Gasteiger charge is -2.40. The first-order valence-electron chi connectivity index (χ1n) is 9.70. The van der Waals surface area contributed by atoms with Crippen LogP contribution < -0.4 is 14.8 Å². The molecule has 1 atom stereocenters. The van der Waals surface area contributed by atoms with Crippen molar-refractivity contribution in [3.63, 3.8) is 0 Å². The van der Waals surface area contributed by atoms with Crippen LogP contribution >= 0.6 is 0 Å². The molecule has 2 heterocycles. The molecule has 1 aromatic carbocycles. The van der Waals surface area contributed by atoms with Crippen LogP contribution in [0.4, 0.5) is 4.79 Å². The molecule has 26 heavy (non-hydrogen) atoms. The van der Waals surface area contributed by atoms with Crippen LogP contribution in [-0.2, 0) is 10.2 Å². The number of amides is 2. The second kappa shape index (κ2) is 7.35. The lowest BCUT2D eigenvalue weighted by atomic mass is 9.69. The van der Waals surface area contributed by atoms with E-state index in [2.05, 4.69) is 17.4 Å². The zero-order valence-electron chi connectivity index (χ0n) is 15.5. The molecule has 6 nitrogen and oxygen atoms in total. The summed E-state index contributed by atoms with van der Waals surface area (Å²) in [6.45, 7) is 4.87. The number of nitrogens with one attached hydrogen (secondary N) is 1. The van der Waals surface area contributed by atoms with Crippen molar-refractivity contribution in [1.29, 1.82) is 0 Å². The molecule has 1 aliphatic carbocycles. The van der Waals surface area contributed by atoms with Gasteiger partial charge < -0.3 is 24.4 Å². The Kier molecular flexibility index (Phi) is 4.94. The van der Waals surface area contributed by atoms with Gasteiger partial charge in [-0.1, -0.05) is 25.3 Å². The number of carbonyl (C=O) groups excluding carboxylic acids is 1. The summed E-state index contributed by atoms with van der Waals surface area (Å²) in [5.41, 5.74) is 1.22. The zero-order chi connectivity index (χ0) is 18.0. The molecule has 0 aromatic heterocycles. The highest BCUT2D eigenvalue weighted by molar-refractivity contribution is 5.74. The fourth-order valence-electron chi connectivity index (χ4n) is 4.40. The van der Waals surface area contributed by atoms with Crippen molar-refractivity contribution < 1.29 is 19.0 Å². The Bertz CT molecular complexity index is 657. The molecule has 6 heteroatoms. The summed E-state index contributed by atoms with van der Waals surface area (Å²) < 4.78 is 16.5. The van der Waals surface area contributed by atoms with Gasteiger partial charge in [0.1, 0.15) is 0 Å². The number of hydrogen-bond acceptors (Lipinski definition) is 4. The Morgan fingerprint density at radius 3 is 2.85 bits per heavy atom. The molecule has 0 unspecified atom stereocenters. The number of fused-ring (bicyclic) bond motifs is 1. The number of urea groups is 1. The van der Waals surface area contributed by atoms with Gasteiger partial charge in [0.15, 0.2) is 11.5 Å². The van der Waals surface area contributed by atoms with Crippen molar-refractivity contribution in [3.8, 4) is 11.5 Å². The monoisotopic (exact) mass is 360 g/mol. The van der Waals surface area contributed by atoms with Gasteiger partial charge in [0, 0.05) is 18.5 Å². The standard InChI is InChI=1S/C20H28N2O4/c1-15-12-24-10-9-22(15)19(23)21-13-20(7-3-2-4-8-20)16-5-6-17-18(11-16)26-14-25-17/h5-6,11,15H,2-4,7-10,12-14H2,1H3,(H,21,23)/t15-/m1/s1. The maximum Gasteiger partial charge on any atom is 0.317 e. The molecule has 1 N–H and O–H groups in total. The molecule has 4 rings (SSSR count). The van der Waals surface area contributed by atoms with Gasteiger partial charge in [0.2, 0.25) is 6.79 Å². The largest absolute Gasteiger partial charge is 0.454 e. The van der Waals surface area contributed by atoms with Crippen LogP contribution in [0.2, 0.25) is 0 Å². The molecule has 0 bridgehead atoms. The number of nitrogens with zero attached hydrogens (tertiary/aromatic N) is 1. The van der Waals surface area contributed by atoms with Gasteiger partial charge in [-0.15, -0.1) is 0 Å². The highest BCUT2D eigenvalue weighted by Gasteiger charge is 2.36. The topological polar surface area (TPSA) is 60.0 Å². The van der Waals surface area contributed by atoms with Crippen molar-refractivity contribution >= 4 is 6.03 Å². The first-order valence-corrected chi connectivity index (χ1v) is 9.70. The van der Waals surface area contributed by atoms with Crippen LogP contribution in [0.3, 0.4) is 0 Å². The molecule has 1 saturated carbocycles. The normalized spacial score (nSPS) is 24.3. The van der Waals surface area contributed by atoms with E-state index in [1.165, 1.54) is 24.8 Å². The Labute approximate surface area is 154 Å².